The van der Waals surface area contributed by atoms with Crippen molar-refractivity contribution >= 4 is 28.0 Å². The average Bonchev–Trinajstić information content (AvgIpc) is 3.39. The van der Waals surface area contributed by atoms with Crippen LogP contribution in [0.5, 0.6) is 0 Å². The molecule has 0 bridgehead atoms. The van der Waals surface area contributed by atoms with Gasteiger partial charge in [-0.25, -0.2) is 9.97 Å². The zero-order valence-electron chi connectivity index (χ0n) is 17.9. The zero-order chi connectivity index (χ0) is 21.2. The number of imidazole rings is 1. The van der Waals surface area contributed by atoms with E-state index in [9.17, 15) is 4.79 Å². The number of aromatic nitrogens is 4. The Bertz CT molecular complexity index is 1110. The molecular weight excluding hydrogens is 388 g/mol. The van der Waals surface area contributed by atoms with E-state index in [4.69, 9.17) is 10.2 Å². The summed E-state index contributed by atoms with van der Waals surface area (Å²) >= 11 is 0. The average molecular weight is 419 g/mol. The van der Waals surface area contributed by atoms with Crippen LogP contribution in [-0.2, 0) is 11.2 Å². The quantitative estimate of drug-likeness (QED) is 0.635. The maximum atomic E-state index is 12.9. The highest BCUT2D eigenvalue weighted by atomic mass is 16.1. The van der Waals surface area contributed by atoms with Crippen molar-refractivity contribution in [2.24, 2.45) is 5.92 Å². The fourth-order valence-electron chi connectivity index (χ4n) is 5.56. The van der Waals surface area contributed by atoms with Crippen LogP contribution in [0.1, 0.15) is 76.1 Å². The van der Waals surface area contributed by atoms with Crippen LogP contribution in [-0.4, -0.2) is 31.5 Å². The summed E-state index contributed by atoms with van der Waals surface area (Å²) in [6.45, 7) is 0. The summed E-state index contributed by atoms with van der Waals surface area (Å²) in [6, 6.07) is 4.99. The third-order valence-corrected chi connectivity index (χ3v) is 7.16. The molecule has 0 spiro atoms. The van der Waals surface area contributed by atoms with Gasteiger partial charge < -0.3 is 14.9 Å². The number of amides is 1. The molecule has 3 aromatic heterocycles. The molecule has 0 aliphatic heterocycles. The lowest BCUT2D eigenvalue weighted by Gasteiger charge is -2.30. The molecule has 1 amide bonds. The van der Waals surface area contributed by atoms with Gasteiger partial charge in [-0.2, -0.15) is 5.26 Å². The van der Waals surface area contributed by atoms with Gasteiger partial charge in [0.2, 0.25) is 5.91 Å². The normalized spacial score (nSPS) is 22.5. The van der Waals surface area contributed by atoms with Gasteiger partial charge in [0.25, 0.3) is 0 Å². The minimum Gasteiger partial charge on any atom is -0.353 e. The molecule has 0 atom stereocenters. The Morgan fingerprint density at radius 1 is 1.19 bits per heavy atom. The molecule has 2 aliphatic carbocycles. The third-order valence-electron chi connectivity index (χ3n) is 7.16. The van der Waals surface area contributed by atoms with E-state index in [0.717, 1.165) is 66.4 Å². The van der Waals surface area contributed by atoms with Gasteiger partial charge >= 0.3 is 0 Å². The van der Waals surface area contributed by atoms with Crippen LogP contribution in [0.4, 0.5) is 0 Å². The molecule has 7 heteroatoms. The van der Waals surface area contributed by atoms with Gasteiger partial charge in [-0.1, -0.05) is 19.3 Å². The van der Waals surface area contributed by atoms with Gasteiger partial charge in [-0.3, -0.25) is 4.79 Å². The SMILES string of the molecule is N#CCC1CCC(n2c(CC(=O)NC3CCCCC3)nc3cnc4[nH]ccc4c32)CC1. The number of nitriles is 1. The Hall–Kier alpha value is -2.88. The van der Waals surface area contributed by atoms with E-state index in [1.165, 1.54) is 19.3 Å². The van der Waals surface area contributed by atoms with Crippen molar-refractivity contribution in [3.05, 3.63) is 24.3 Å². The molecule has 0 aromatic carbocycles. The molecule has 2 aliphatic rings. The zero-order valence-corrected chi connectivity index (χ0v) is 17.9. The lowest BCUT2D eigenvalue weighted by Crippen LogP contribution is -2.37. The van der Waals surface area contributed by atoms with Gasteiger partial charge in [-0.15, -0.1) is 0 Å². The van der Waals surface area contributed by atoms with Crippen molar-refractivity contribution in [2.45, 2.75) is 82.7 Å². The van der Waals surface area contributed by atoms with E-state index < -0.39 is 0 Å². The number of hydrogen-bond donors (Lipinski definition) is 2. The topological polar surface area (TPSA) is 99.4 Å². The van der Waals surface area contributed by atoms with E-state index in [2.05, 4.69) is 32.0 Å². The fraction of sp³-hybridized carbons (Fsp3) is 0.583. The minimum absolute atomic E-state index is 0.0693. The second-order valence-electron chi connectivity index (χ2n) is 9.25. The number of nitrogens with zero attached hydrogens (tertiary/aromatic N) is 4. The summed E-state index contributed by atoms with van der Waals surface area (Å²) in [4.78, 5) is 25.5. The molecule has 7 nitrogen and oxygen atoms in total. The summed E-state index contributed by atoms with van der Waals surface area (Å²) < 4.78 is 2.32. The number of nitrogens with one attached hydrogen (secondary N) is 2. The highest BCUT2D eigenvalue weighted by Gasteiger charge is 2.28. The molecule has 5 rings (SSSR count). The molecule has 3 heterocycles. The summed E-state index contributed by atoms with van der Waals surface area (Å²) in [5.74, 6) is 1.39. The summed E-state index contributed by atoms with van der Waals surface area (Å²) in [5.41, 5.74) is 2.78. The van der Waals surface area contributed by atoms with E-state index >= 15 is 0 Å². The van der Waals surface area contributed by atoms with Crippen LogP contribution in [0.25, 0.3) is 22.1 Å². The van der Waals surface area contributed by atoms with Gasteiger partial charge in [0.05, 0.1) is 24.2 Å². The number of fused-ring (bicyclic) bond motifs is 3. The third kappa shape index (κ3) is 4.04. The minimum atomic E-state index is 0.0693. The second kappa shape index (κ2) is 8.70. The first-order valence-electron chi connectivity index (χ1n) is 11.7. The van der Waals surface area contributed by atoms with E-state index in [0.29, 0.717) is 30.8 Å². The number of carbonyl (C=O) groups is 1. The monoisotopic (exact) mass is 418 g/mol. The highest BCUT2D eigenvalue weighted by Crippen LogP contribution is 2.38. The molecule has 0 radical (unpaired) electrons. The summed E-state index contributed by atoms with van der Waals surface area (Å²) in [5, 5.41) is 13.4. The highest BCUT2D eigenvalue weighted by molar-refractivity contribution is 6.01. The lowest BCUT2D eigenvalue weighted by atomic mass is 9.84. The standard InChI is InChI=1S/C24H30N6O/c25-12-10-16-6-8-18(9-7-16)30-21(14-22(31)28-17-4-2-1-3-5-17)29-20-15-27-24-19(23(20)30)11-13-26-24/h11,13,15-18H,1-10,14H2,(H,26,27)(H,28,31). The molecule has 0 saturated heterocycles. The largest absolute Gasteiger partial charge is 0.353 e. The second-order valence-corrected chi connectivity index (χ2v) is 9.25. The maximum absolute atomic E-state index is 12.9. The first-order valence-corrected chi connectivity index (χ1v) is 11.7. The van der Waals surface area contributed by atoms with Crippen molar-refractivity contribution in [3.63, 3.8) is 0 Å². The number of H-pyrrole nitrogens is 1. The van der Waals surface area contributed by atoms with Gasteiger partial charge in [0, 0.05) is 30.1 Å². The molecule has 2 fully saturated rings. The van der Waals surface area contributed by atoms with Crippen molar-refractivity contribution in [2.75, 3.05) is 0 Å². The maximum Gasteiger partial charge on any atom is 0.227 e. The van der Waals surface area contributed by atoms with E-state index in [1.54, 1.807) is 0 Å². The Kier molecular flexibility index (Phi) is 5.63. The Balaban J connectivity index is 1.46. The van der Waals surface area contributed by atoms with Crippen LogP contribution < -0.4 is 5.32 Å². The summed E-state index contributed by atoms with van der Waals surface area (Å²) in [6.07, 6.45) is 14.6. The van der Waals surface area contributed by atoms with Crippen molar-refractivity contribution in [1.29, 1.82) is 5.26 Å². The number of hydrogen-bond acceptors (Lipinski definition) is 4. The number of aromatic amines is 1. The van der Waals surface area contributed by atoms with E-state index in [1.807, 2.05) is 12.4 Å². The Labute approximate surface area is 182 Å². The molecule has 0 unspecified atom stereocenters. The molecule has 2 saturated carbocycles. The first kappa shape index (κ1) is 20.0. The van der Waals surface area contributed by atoms with Crippen molar-refractivity contribution in [3.8, 4) is 6.07 Å². The first-order chi connectivity index (χ1) is 15.2. The Morgan fingerprint density at radius 3 is 2.77 bits per heavy atom. The van der Waals surface area contributed by atoms with Crippen molar-refractivity contribution in [1.82, 2.24) is 24.8 Å². The van der Waals surface area contributed by atoms with Crippen molar-refractivity contribution < 1.29 is 4.79 Å². The predicted octanol–water partition coefficient (Wildman–Crippen LogP) is 4.55. The van der Waals surface area contributed by atoms with Crippen LogP contribution in [0.15, 0.2) is 18.5 Å². The van der Waals surface area contributed by atoms with Crippen LogP contribution in [0.3, 0.4) is 0 Å². The molecule has 2 N–H and O–H groups in total. The van der Waals surface area contributed by atoms with Gasteiger partial charge in [-0.05, 0) is 50.5 Å². The molecule has 31 heavy (non-hydrogen) atoms. The number of rotatable bonds is 5. The lowest BCUT2D eigenvalue weighted by molar-refractivity contribution is -0.121. The van der Waals surface area contributed by atoms with Crippen LogP contribution in [0.2, 0.25) is 0 Å². The number of carbonyl (C=O) groups excluding carboxylic acids is 1. The molecular formula is C24H30N6O. The summed E-state index contributed by atoms with van der Waals surface area (Å²) in [7, 11) is 0. The predicted molar refractivity (Wildman–Crippen MR) is 119 cm³/mol. The molecule has 3 aromatic rings. The Morgan fingerprint density at radius 2 is 2.00 bits per heavy atom. The van der Waals surface area contributed by atoms with Crippen LogP contribution >= 0.6 is 0 Å². The van der Waals surface area contributed by atoms with Gasteiger partial charge in [0.15, 0.2) is 0 Å². The van der Waals surface area contributed by atoms with Crippen LogP contribution in [0, 0.1) is 17.2 Å². The van der Waals surface area contributed by atoms with E-state index in [-0.39, 0.29) is 5.91 Å². The molecule has 162 valence electrons. The number of pyridine rings is 1. The van der Waals surface area contributed by atoms with Gasteiger partial charge in [0.1, 0.15) is 17.0 Å². The fourth-order valence-corrected chi connectivity index (χ4v) is 5.56. The smallest absolute Gasteiger partial charge is 0.227 e.